The van der Waals surface area contributed by atoms with Crippen LogP contribution in [0.3, 0.4) is 0 Å². The number of nitrogens with zero attached hydrogens (tertiary/aromatic N) is 1. The predicted molar refractivity (Wildman–Crippen MR) is 120 cm³/mol. The van der Waals surface area contributed by atoms with Gasteiger partial charge in [0.25, 0.3) is 5.91 Å². The van der Waals surface area contributed by atoms with Crippen LogP contribution in [0.2, 0.25) is 0 Å². The van der Waals surface area contributed by atoms with Crippen LogP contribution in [0.4, 0.5) is 0 Å². The minimum atomic E-state index is -1.16. The van der Waals surface area contributed by atoms with E-state index in [1.54, 1.807) is 18.2 Å². The number of oxazole rings is 1. The Hall–Kier alpha value is -4.01. The van der Waals surface area contributed by atoms with E-state index in [4.69, 9.17) is 9.52 Å². The van der Waals surface area contributed by atoms with Crippen LogP contribution >= 0.6 is 0 Å². The van der Waals surface area contributed by atoms with E-state index < -0.39 is 30.3 Å². The summed E-state index contributed by atoms with van der Waals surface area (Å²) in [5, 5.41) is 14.3. The van der Waals surface area contributed by atoms with Crippen molar-refractivity contribution in [3.05, 3.63) is 66.1 Å². The van der Waals surface area contributed by atoms with Gasteiger partial charge in [-0.15, -0.1) is 0 Å². The topological polar surface area (TPSA) is 139 Å². The van der Waals surface area contributed by atoms with Gasteiger partial charge < -0.3 is 25.0 Å². The molecule has 3 rings (SSSR count). The van der Waals surface area contributed by atoms with Crippen LogP contribution in [-0.2, 0) is 14.4 Å². The normalized spacial score (nSPS) is 12.6. The Kier molecular flexibility index (Phi) is 8.29. The Morgan fingerprint density at radius 1 is 1.09 bits per heavy atom. The maximum atomic E-state index is 12.8. The van der Waals surface area contributed by atoms with Crippen LogP contribution in [0.15, 0.2) is 59.3 Å². The summed E-state index contributed by atoms with van der Waals surface area (Å²) in [4.78, 5) is 51.2. The lowest BCUT2D eigenvalue weighted by Crippen LogP contribution is -2.40. The molecule has 0 aliphatic rings. The monoisotopic (exact) mass is 451 g/mol. The molecule has 1 heterocycles. The average Bonchev–Trinajstić information content (AvgIpc) is 3.29. The van der Waals surface area contributed by atoms with Crippen LogP contribution in [0.1, 0.15) is 47.5 Å². The minimum Gasteiger partial charge on any atom is -0.481 e. The number of aromatic nitrogens is 1. The number of carboxylic acid groups (broad SMARTS) is 1. The molecule has 2 amide bonds. The fraction of sp³-hybridized carbons (Fsp3) is 0.292. The highest BCUT2D eigenvalue weighted by Gasteiger charge is 2.24. The van der Waals surface area contributed by atoms with E-state index in [0.717, 1.165) is 5.56 Å². The number of fused-ring (bicyclic) bond motifs is 1. The van der Waals surface area contributed by atoms with Crippen molar-refractivity contribution in [3.63, 3.8) is 0 Å². The summed E-state index contributed by atoms with van der Waals surface area (Å²) in [6.45, 7) is 0.425. The molecule has 0 fully saturated rings. The standard InChI is InChI=1S/C24H25N3O6/c28-14-18(13-22(29)30)27-24(32)19(16-6-2-1-3-7-16)8-4-5-11-25-23(31)17-9-10-21-20(12-17)26-15-33-21/h1-3,6-7,9-10,12,14-15,18-19H,4-5,8,11,13H2,(H,25,31)(H,27,32)(H,29,30). The molecule has 0 saturated heterocycles. The van der Waals surface area contributed by atoms with E-state index in [-0.39, 0.29) is 5.91 Å². The van der Waals surface area contributed by atoms with Gasteiger partial charge in [-0.3, -0.25) is 14.4 Å². The molecule has 3 aromatic rings. The van der Waals surface area contributed by atoms with Gasteiger partial charge in [0, 0.05) is 12.1 Å². The molecule has 2 aromatic carbocycles. The first-order valence-corrected chi connectivity index (χ1v) is 10.6. The largest absolute Gasteiger partial charge is 0.481 e. The molecule has 0 aliphatic carbocycles. The Bertz CT molecular complexity index is 1110. The average molecular weight is 451 g/mol. The lowest BCUT2D eigenvalue weighted by Gasteiger charge is -2.19. The highest BCUT2D eigenvalue weighted by atomic mass is 16.4. The molecular weight excluding hydrogens is 426 g/mol. The van der Waals surface area contributed by atoms with Crippen LogP contribution < -0.4 is 10.6 Å². The second-order valence-electron chi connectivity index (χ2n) is 7.60. The van der Waals surface area contributed by atoms with Crippen LogP contribution in [0.5, 0.6) is 0 Å². The van der Waals surface area contributed by atoms with E-state index in [2.05, 4.69) is 15.6 Å². The van der Waals surface area contributed by atoms with Crippen molar-refractivity contribution in [2.45, 2.75) is 37.6 Å². The van der Waals surface area contributed by atoms with Crippen molar-refractivity contribution >= 4 is 35.2 Å². The maximum absolute atomic E-state index is 12.8. The summed E-state index contributed by atoms with van der Waals surface area (Å²) < 4.78 is 5.17. The zero-order valence-corrected chi connectivity index (χ0v) is 17.9. The second-order valence-corrected chi connectivity index (χ2v) is 7.60. The molecule has 0 spiro atoms. The molecule has 2 unspecified atom stereocenters. The number of aliphatic carboxylic acids is 1. The van der Waals surface area contributed by atoms with Crippen molar-refractivity contribution in [2.75, 3.05) is 6.54 Å². The number of carboxylic acids is 1. The van der Waals surface area contributed by atoms with Gasteiger partial charge in [-0.05, 0) is 36.6 Å². The number of aldehydes is 1. The summed E-state index contributed by atoms with van der Waals surface area (Å²) in [6.07, 6.45) is 3.05. The zero-order chi connectivity index (χ0) is 23.6. The lowest BCUT2D eigenvalue weighted by atomic mass is 9.92. The molecule has 0 saturated carbocycles. The van der Waals surface area contributed by atoms with E-state index in [0.29, 0.717) is 48.8 Å². The number of hydrogen-bond donors (Lipinski definition) is 3. The molecule has 9 nitrogen and oxygen atoms in total. The Morgan fingerprint density at radius 3 is 2.61 bits per heavy atom. The first-order chi connectivity index (χ1) is 16.0. The first-order valence-electron chi connectivity index (χ1n) is 10.6. The third-order valence-corrected chi connectivity index (χ3v) is 5.20. The molecule has 0 bridgehead atoms. The smallest absolute Gasteiger partial charge is 0.305 e. The molecule has 172 valence electrons. The molecule has 0 aliphatic heterocycles. The van der Waals surface area contributed by atoms with Gasteiger partial charge >= 0.3 is 5.97 Å². The summed E-state index contributed by atoms with van der Waals surface area (Å²) in [5.41, 5.74) is 2.48. The van der Waals surface area contributed by atoms with E-state index >= 15 is 0 Å². The molecule has 0 radical (unpaired) electrons. The number of carbonyl (C=O) groups is 4. The Labute approximate surface area is 190 Å². The molecular formula is C24H25N3O6. The summed E-state index contributed by atoms with van der Waals surface area (Å²) in [7, 11) is 0. The second kappa shape index (κ2) is 11.6. The molecule has 33 heavy (non-hydrogen) atoms. The van der Waals surface area contributed by atoms with Gasteiger partial charge in [0.2, 0.25) is 5.91 Å². The van der Waals surface area contributed by atoms with E-state index in [1.165, 1.54) is 6.39 Å². The van der Waals surface area contributed by atoms with Crippen LogP contribution in [0.25, 0.3) is 11.1 Å². The highest BCUT2D eigenvalue weighted by molar-refractivity contribution is 5.97. The van der Waals surface area contributed by atoms with Crippen molar-refractivity contribution in [2.24, 2.45) is 0 Å². The van der Waals surface area contributed by atoms with E-state index in [1.807, 2.05) is 30.3 Å². The fourth-order valence-corrected chi connectivity index (χ4v) is 3.52. The summed E-state index contributed by atoms with van der Waals surface area (Å²) in [5.74, 6) is -2.32. The minimum absolute atomic E-state index is 0.222. The van der Waals surface area contributed by atoms with Crippen molar-refractivity contribution in [1.82, 2.24) is 15.6 Å². The number of amides is 2. The molecule has 2 atom stereocenters. The highest BCUT2D eigenvalue weighted by Crippen LogP contribution is 2.22. The van der Waals surface area contributed by atoms with Gasteiger partial charge in [0.15, 0.2) is 12.0 Å². The quantitative estimate of drug-likeness (QED) is 0.284. The number of hydrogen-bond acceptors (Lipinski definition) is 6. The third-order valence-electron chi connectivity index (χ3n) is 5.20. The Balaban J connectivity index is 1.52. The van der Waals surface area contributed by atoms with Gasteiger partial charge in [-0.2, -0.15) is 0 Å². The lowest BCUT2D eigenvalue weighted by molar-refractivity contribution is -0.138. The molecule has 1 aromatic heterocycles. The molecule has 3 N–H and O–H groups in total. The number of unbranched alkanes of at least 4 members (excludes halogenated alkanes) is 1. The number of rotatable bonds is 12. The van der Waals surface area contributed by atoms with Gasteiger partial charge in [0.1, 0.15) is 11.8 Å². The Morgan fingerprint density at radius 2 is 1.88 bits per heavy atom. The fourth-order valence-electron chi connectivity index (χ4n) is 3.52. The summed E-state index contributed by atoms with van der Waals surface area (Å²) >= 11 is 0. The van der Waals surface area contributed by atoms with Gasteiger partial charge in [-0.25, -0.2) is 4.98 Å². The van der Waals surface area contributed by atoms with Crippen LogP contribution in [0, 0.1) is 0 Å². The van der Waals surface area contributed by atoms with Crippen molar-refractivity contribution in [3.8, 4) is 0 Å². The SMILES string of the molecule is O=CC(CC(=O)O)NC(=O)C(CCCCNC(=O)c1ccc2ocnc2c1)c1ccccc1. The summed E-state index contributed by atoms with van der Waals surface area (Å²) in [6, 6.07) is 13.0. The maximum Gasteiger partial charge on any atom is 0.305 e. The van der Waals surface area contributed by atoms with Crippen molar-refractivity contribution < 1.29 is 28.7 Å². The van der Waals surface area contributed by atoms with Crippen LogP contribution in [-0.4, -0.2) is 46.7 Å². The molecule has 9 heteroatoms. The van der Waals surface area contributed by atoms with Gasteiger partial charge in [-0.1, -0.05) is 36.8 Å². The first kappa shape index (κ1) is 23.6. The zero-order valence-electron chi connectivity index (χ0n) is 17.9. The van der Waals surface area contributed by atoms with Gasteiger partial charge in [0.05, 0.1) is 18.4 Å². The van der Waals surface area contributed by atoms with Crippen molar-refractivity contribution in [1.29, 1.82) is 0 Å². The number of benzene rings is 2. The van der Waals surface area contributed by atoms with E-state index in [9.17, 15) is 19.2 Å². The third kappa shape index (κ3) is 6.73. The number of nitrogens with one attached hydrogen (secondary N) is 2. The number of carbonyl (C=O) groups excluding carboxylic acids is 3. The predicted octanol–water partition coefficient (Wildman–Crippen LogP) is 2.67.